The summed E-state index contributed by atoms with van der Waals surface area (Å²) >= 11 is 0. The monoisotopic (exact) mass is 672 g/mol. The molecule has 0 radical (unpaired) electrons. The molecular weight excluding hydrogens is 594 g/mol. The van der Waals surface area contributed by atoms with E-state index in [1.807, 2.05) is 12.1 Å². The second-order valence-corrected chi connectivity index (χ2v) is 18.6. The van der Waals surface area contributed by atoms with Crippen molar-refractivity contribution in [2.75, 3.05) is 30.0 Å². The van der Waals surface area contributed by atoms with Crippen LogP contribution in [0.5, 0.6) is 0 Å². The molecule has 2 rings (SSSR count). The number of hydrogen-bond acceptors (Lipinski definition) is 2. The van der Waals surface area contributed by atoms with Crippen LogP contribution in [0, 0.1) is 5.82 Å². The van der Waals surface area contributed by atoms with Crippen LogP contribution in [0.2, 0.25) is 0 Å². The Kier molecular flexibility index (Phi) is 29.4. The number of nitrogens with one attached hydrogen (secondary N) is 1. The molecule has 0 spiro atoms. The van der Waals surface area contributed by atoms with E-state index in [1.54, 1.807) is 80.8 Å². The zero-order chi connectivity index (χ0) is 34.1. The minimum absolute atomic E-state index is 0.279. The van der Waals surface area contributed by atoms with Crippen LogP contribution in [0.15, 0.2) is 48.7 Å². The first kappa shape index (κ1) is 43.6. The highest BCUT2D eigenvalue weighted by atomic mass is 31.2. The van der Waals surface area contributed by atoms with Crippen molar-refractivity contribution in [3.8, 4) is 0 Å². The lowest BCUT2D eigenvalue weighted by Crippen LogP contribution is -2.13. The van der Waals surface area contributed by atoms with Crippen LogP contribution in [-0.4, -0.2) is 29.6 Å². The highest BCUT2D eigenvalue weighted by molar-refractivity contribution is 7.75. The van der Waals surface area contributed by atoms with Gasteiger partial charge in [0.05, 0.1) is 30.3 Å². The third-order valence-electron chi connectivity index (χ3n) is 9.75. The Labute approximate surface area is 293 Å². The zero-order valence-electron chi connectivity index (χ0n) is 31.7. The van der Waals surface area contributed by atoms with Crippen molar-refractivity contribution >= 4 is 18.8 Å². The summed E-state index contributed by atoms with van der Waals surface area (Å²) in [5.41, 5.74) is 0.436. The summed E-state index contributed by atoms with van der Waals surface area (Å²) in [6, 6.07) is 11.9. The lowest BCUT2D eigenvalue weighted by atomic mass is 10.1. The van der Waals surface area contributed by atoms with Gasteiger partial charge < -0.3 is 5.32 Å². The molecule has 0 aliphatic heterocycles. The van der Waals surface area contributed by atoms with E-state index in [9.17, 15) is 4.39 Å². The molecule has 2 nitrogen and oxygen atoms in total. The molecule has 0 atom stereocenters. The highest BCUT2D eigenvalue weighted by Crippen LogP contribution is 2.61. The topological polar surface area (TPSA) is 24.9 Å². The number of halogens is 1. The minimum atomic E-state index is -0.697. The molecule has 0 saturated heterocycles. The molecule has 0 unspecified atom stereocenters. The van der Waals surface area contributed by atoms with Crippen LogP contribution >= 0.6 is 7.26 Å². The summed E-state index contributed by atoms with van der Waals surface area (Å²) < 4.78 is 13.2. The zero-order valence-corrected chi connectivity index (χ0v) is 32.6. The molecule has 4 heteroatoms. The molecule has 0 saturated carbocycles. The molecule has 1 N–H and O–H groups in total. The number of rotatable bonds is 30. The molecule has 270 valence electrons. The number of nitrogens with zero attached hydrogens (tertiary/aromatic N) is 1. The van der Waals surface area contributed by atoms with Gasteiger partial charge in [0.25, 0.3) is 0 Å². The summed E-state index contributed by atoms with van der Waals surface area (Å²) in [6.07, 6.45) is 43.7. The minimum Gasteiger partial charge on any atom is -0.338 e. The van der Waals surface area contributed by atoms with E-state index in [2.05, 4.69) is 38.0 Å². The van der Waals surface area contributed by atoms with Crippen molar-refractivity contribution in [3.05, 3.63) is 54.5 Å². The predicted octanol–water partition coefficient (Wildman–Crippen LogP) is 15.4. The maximum atomic E-state index is 13.2. The molecule has 0 bridgehead atoms. The van der Waals surface area contributed by atoms with Gasteiger partial charge >= 0.3 is 0 Å². The second-order valence-electron chi connectivity index (χ2n) is 14.1. The Bertz CT molecular complexity index is 890. The van der Waals surface area contributed by atoms with Crippen LogP contribution in [0.1, 0.15) is 182 Å². The molecule has 0 aliphatic carbocycles. The molecule has 1 heterocycles. The summed E-state index contributed by atoms with van der Waals surface area (Å²) in [7, 11) is -0.697. The Morgan fingerprint density at radius 1 is 0.468 bits per heavy atom. The fourth-order valence-electron chi connectivity index (χ4n) is 6.72. The van der Waals surface area contributed by atoms with Gasteiger partial charge in [0.15, 0.2) is 0 Å². The van der Waals surface area contributed by atoms with Gasteiger partial charge in [-0.1, -0.05) is 149 Å². The average molecular weight is 672 g/mol. The van der Waals surface area contributed by atoms with E-state index in [0.717, 1.165) is 0 Å². The number of aromatic nitrogens is 1. The maximum Gasteiger partial charge on any atom is 0.146 e. The molecule has 2 aromatic rings. The van der Waals surface area contributed by atoms with Crippen molar-refractivity contribution in [2.45, 2.75) is 182 Å². The number of para-hydroxylation sites is 1. The van der Waals surface area contributed by atoms with Crippen molar-refractivity contribution < 1.29 is 4.39 Å². The van der Waals surface area contributed by atoms with Crippen LogP contribution in [-0.2, 0) is 0 Å². The number of benzene rings is 1. The Morgan fingerprint density at radius 3 is 1.21 bits per heavy atom. The summed E-state index contributed by atoms with van der Waals surface area (Å²) in [5.74, 6) is 0.357. The summed E-state index contributed by atoms with van der Waals surface area (Å²) in [5, 5.41) is 2.89. The highest BCUT2D eigenvalue weighted by Gasteiger charge is 2.34. The summed E-state index contributed by atoms with van der Waals surface area (Å²) in [6.45, 7) is 9.41. The Morgan fingerprint density at radius 2 is 0.830 bits per heavy atom. The van der Waals surface area contributed by atoms with E-state index in [0.29, 0.717) is 11.5 Å². The van der Waals surface area contributed by atoms with E-state index in [-0.39, 0.29) is 5.82 Å². The molecule has 1 aromatic heterocycles. The van der Waals surface area contributed by atoms with Crippen LogP contribution in [0.3, 0.4) is 0 Å². The number of unbranched alkanes of at least 4 members (excludes halogenated alkanes) is 20. The van der Waals surface area contributed by atoms with Gasteiger partial charge in [-0.3, -0.25) is 0 Å². The lowest BCUT2D eigenvalue weighted by Gasteiger charge is -2.28. The van der Waals surface area contributed by atoms with E-state index in [4.69, 9.17) is 0 Å². The van der Waals surface area contributed by atoms with Gasteiger partial charge in [-0.05, 0) is 75.6 Å². The van der Waals surface area contributed by atoms with Gasteiger partial charge in [-0.15, -0.1) is 0 Å². The van der Waals surface area contributed by atoms with Crippen molar-refractivity contribution in [1.82, 2.24) is 4.98 Å². The molecule has 0 amide bonds. The van der Waals surface area contributed by atoms with Crippen molar-refractivity contribution in [3.63, 3.8) is 0 Å². The molecular formula is C43H77FN2P+. The fourth-order valence-corrected chi connectivity index (χ4v) is 11.6. The molecule has 1 aromatic carbocycles. The first-order valence-electron chi connectivity index (χ1n) is 20.4. The number of anilines is 2. The third kappa shape index (κ3) is 24.3. The van der Waals surface area contributed by atoms with Crippen LogP contribution in [0.25, 0.3) is 0 Å². The predicted molar refractivity (Wildman–Crippen MR) is 214 cm³/mol. The first-order valence-corrected chi connectivity index (χ1v) is 22.9. The molecule has 0 fully saturated rings. The van der Waals surface area contributed by atoms with Gasteiger partial charge in [0.2, 0.25) is 0 Å². The molecule has 47 heavy (non-hydrogen) atoms. The van der Waals surface area contributed by atoms with Gasteiger partial charge in [-0.2, -0.15) is 0 Å². The largest absolute Gasteiger partial charge is 0.338 e. The Balaban J connectivity index is 0.000000644. The summed E-state index contributed by atoms with van der Waals surface area (Å²) in [4.78, 5) is 4.04. The normalized spacial score (nSPS) is 11.3. The molecule has 0 aliphatic rings. The van der Waals surface area contributed by atoms with Gasteiger partial charge in [-0.25, -0.2) is 9.37 Å². The quantitative estimate of drug-likeness (QED) is 0.0660. The van der Waals surface area contributed by atoms with Crippen LogP contribution < -0.4 is 5.32 Å². The van der Waals surface area contributed by atoms with E-state index < -0.39 is 7.26 Å². The van der Waals surface area contributed by atoms with E-state index >= 15 is 0 Å². The maximum absolute atomic E-state index is 13.2. The van der Waals surface area contributed by atoms with Gasteiger partial charge in [0, 0.05) is 13.5 Å². The Hall–Kier alpha value is -1.47. The van der Waals surface area contributed by atoms with Crippen molar-refractivity contribution in [1.29, 1.82) is 0 Å². The fraction of sp³-hybridized carbons (Fsp3) is 0.744. The van der Waals surface area contributed by atoms with Crippen molar-refractivity contribution in [2.24, 2.45) is 0 Å². The average Bonchev–Trinajstić information content (AvgIpc) is 3.09. The SMILES string of the molecule is CCCCCCCCCCCCCC[P+](CCCCCC)(CCCCCC)CCCCCC.Fc1ccccc1Nc1ccccn1. The number of pyridine rings is 1. The number of hydrogen-bond donors (Lipinski definition) is 1. The second kappa shape index (κ2) is 31.8. The first-order chi connectivity index (χ1) is 23.1. The third-order valence-corrected chi connectivity index (χ3v) is 14.8. The van der Waals surface area contributed by atoms with E-state index in [1.165, 1.54) is 134 Å². The lowest BCUT2D eigenvalue weighted by molar-refractivity contribution is 0.548. The standard InChI is InChI=1S/C32H68P.C11H9FN2/c1-5-9-13-17-18-19-20-21-22-23-24-28-32-33(29-25-14-10-6-2,30-26-15-11-7-3)31-27-16-12-8-4;12-9-5-1-2-6-10(9)14-11-7-3-4-8-13-11/h5-32H2,1-4H3;1-8H,(H,13,14)/q+1;. The smallest absolute Gasteiger partial charge is 0.146 e. The van der Waals surface area contributed by atoms with Crippen LogP contribution in [0.4, 0.5) is 15.9 Å². The van der Waals surface area contributed by atoms with Gasteiger partial charge in [0.1, 0.15) is 11.6 Å².